The second kappa shape index (κ2) is 18.2. The first-order chi connectivity index (χ1) is 30.1. The lowest BCUT2D eigenvalue weighted by Crippen LogP contribution is -2.14. The third kappa shape index (κ3) is 8.94. The summed E-state index contributed by atoms with van der Waals surface area (Å²) in [6.45, 7) is 4.35. The van der Waals surface area contributed by atoms with E-state index in [2.05, 4.69) is 266 Å². The molecule has 3 heteroatoms. The first-order valence-corrected chi connectivity index (χ1v) is 21.6. The molecule has 0 bridgehead atoms. The SMILES string of the molecule is C/C(=C\C=C(/C)N(c1ccc(-c2ccccc2)cc1)c1ccc(-c2ccc(N(c3ccccc3)c3ccc(-c4ccc(-c5ccccc5)s4)cc3)cc2)cc1)c1ccccc1. The van der Waals surface area contributed by atoms with Crippen molar-refractivity contribution in [2.75, 3.05) is 9.80 Å². The monoisotopic (exact) mass is 802 g/mol. The Morgan fingerprint density at radius 1 is 0.328 bits per heavy atom. The Labute approximate surface area is 364 Å². The van der Waals surface area contributed by atoms with E-state index in [1.54, 1.807) is 0 Å². The van der Waals surface area contributed by atoms with Crippen LogP contribution in [0.5, 0.6) is 0 Å². The normalized spacial score (nSPS) is 11.6. The molecule has 61 heavy (non-hydrogen) atoms. The van der Waals surface area contributed by atoms with Crippen molar-refractivity contribution in [1.29, 1.82) is 0 Å². The summed E-state index contributed by atoms with van der Waals surface area (Å²) < 4.78 is 0. The van der Waals surface area contributed by atoms with Crippen LogP contribution in [0, 0.1) is 0 Å². The van der Waals surface area contributed by atoms with Gasteiger partial charge in [-0.1, -0.05) is 164 Å². The summed E-state index contributed by atoms with van der Waals surface area (Å²) in [6.07, 6.45) is 4.43. The average molecular weight is 803 g/mol. The molecule has 294 valence electrons. The number of rotatable bonds is 12. The van der Waals surface area contributed by atoms with Crippen LogP contribution in [0.15, 0.2) is 248 Å². The van der Waals surface area contributed by atoms with Crippen LogP contribution in [-0.2, 0) is 0 Å². The summed E-state index contributed by atoms with van der Waals surface area (Å²) >= 11 is 1.83. The van der Waals surface area contributed by atoms with E-state index in [1.807, 2.05) is 11.3 Å². The number of hydrogen-bond donors (Lipinski definition) is 0. The topological polar surface area (TPSA) is 6.48 Å². The van der Waals surface area contributed by atoms with E-state index in [1.165, 1.54) is 43.1 Å². The number of nitrogens with zero attached hydrogens (tertiary/aromatic N) is 2. The fraction of sp³-hybridized carbons (Fsp3) is 0.0345. The van der Waals surface area contributed by atoms with E-state index in [4.69, 9.17) is 0 Å². The third-order valence-corrected chi connectivity index (χ3v) is 12.2. The molecule has 0 unspecified atom stereocenters. The van der Waals surface area contributed by atoms with Gasteiger partial charge in [0.2, 0.25) is 0 Å². The molecular formula is C58H46N2S. The Bertz CT molecular complexity index is 2860. The lowest BCUT2D eigenvalue weighted by atomic mass is 10.0. The van der Waals surface area contributed by atoms with Gasteiger partial charge in [-0.25, -0.2) is 0 Å². The highest BCUT2D eigenvalue weighted by Crippen LogP contribution is 2.40. The summed E-state index contributed by atoms with van der Waals surface area (Å²) in [4.78, 5) is 7.20. The van der Waals surface area contributed by atoms with Gasteiger partial charge in [0.15, 0.2) is 0 Å². The molecule has 0 radical (unpaired) electrons. The lowest BCUT2D eigenvalue weighted by molar-refractivity contribution is 1.16. The Morgan fingerprint density at radius 2 is 0.672 bits per heavy atom. The minimum Gasteiger partial charge on any atom is -0.315 e. The summed E-state index contributed by atoms with van der Waals surface area (Å²) in [5.41, 5.74) is 16.3. The molecule has 0 aliphatic rings. The molecule has 0 spiro atoms. The number of anilines is 5. The van der Waals surface area contributed by atoms with Crippen molar-refractivity contribution >= 4 is 45.3 Å². The highest BCUT2D eigenvalue weighted by Gasteiger charge is 2.15. The third-order valence-electron chi connectivity index (χ3n) is 11.1. The molecule has 0 amide bonds. The van der Waals surface area contributed by atoms with Gasteiger partial charge in [0.05, 0.1) is 0 Å². The van der Waals surface area contributed by atoms with Gasteiger partial charge < -0.3 is 9.80 Å². The zero-order chi connectivity index (χ0) is 41.4. The van der Waals surface area contributed by atoms with Crippen molar-refractivity contribution in [3.63, 3.8) is 0 Å². The van der Waals surface area contributed by atoms with Gasteiger partial charge in [-0.2, -0.15) is 0 Å². The molecule has 1 aromatic heterocycles. The fourth-order valence-electron chi connectivity index (χ4n) is 7.76. The standard InChI is InChI=1S/C58H46N2S/c1-43(45-15-7-3-8-16-45)23-24-44(2)59(53-33-25-47(26-34-53)46-17-9-4-10-18-46)54-35-27-48(28-36-54)49-29-37-55(38-30-49)60(52-21-13-6-14-22-52)56-39-31-51(32-40-56)58-42-41-57(61-58)50-19-11-5-12-20-50/h3-42H,1-2H3/b43-23+,44-24+. The number of thiophene rings is 1. The lowest BCUT2D eigenvalue weighted by Gasteiger charge is -2.27. The smallest absolute Gasteiger partial charge is 0.0462 e. The van der Waals surface area contributed by atoms with Crippen molar-refractivity contribution in [3.05, 3.63) is 254 Å². The van der Waals surface area contributed by atoms with Crippen LogP contribution >= 0.6 is 11.3 Å². The number of allylic oxidation sites excluding steroid dienone is 4. The van der Waals surface area contributed by atoms with E-state index >= 15 is 0 Å². The van der Waals surface area contributed by atoms with Gasteiger partial charge in [-0.05, 0) is 137 Å². The fourth-order valence-corrected chi connectivity index (χ4v) is 8.78. The van der Waals surface area contributed by atoms with Gasteiger partial charge in [0, 0.05) is 43.9 Å². The van der Waals surface area contributed by atoms with Gasteiger partial charge in [-0.15, -0.1) is 11.3 Å². The van der Waals surface area contributed by atoms with Gasteiger partial charge in [0.25, 0.3) is 0 Å². The molecule has 0 aliphatic carbocycles. The van der Waals surface area contributed by atoms with Gasteiger partial charge >= 0.3 is 0 Å². The predicted octanol–water partition coefficient (Wildman–Crippen LogP) is 17.0. The van der Waals surface area contributed by atoms with E-state index in [9.17, 15) is 0 Å². The van der Waals surface area contributed by atoms with Crippen molar-refractivity contribution < 1.29 is 0 Å². The van der Waals surface area contributed by atoms with E-state index in [0.29, 0.717) is 0 Å². The molecule has 9 aromatic rings. The Balaban J connectivity index is 0.986. The van der Waals surface area contributed by atoms with Crippen LogP contribution in [0.1, 0.15) is 19.4 Å². The maximum atomic E-state index is 2.33. The second-order valence-electron chi connectivity index (χ2n) is 15.1. The van der Waals surface area contributed by atoms with Crippen LogP contribution in [0.25, 0.3) is 48.7 Å². The zero-order valence-electron chi connectivity index (χ0n) is 34.4. The highest BCUT2D eigenvalue weighted by atomic mass is 32.1. The molecule has 0 saturated carbocycles. The van der Waals surface area contributed by atoms with Crippen molar-refractivity contribution in [1.82, 2.24) is 0 Å². The number of benzene rings is 8. The van der Waals surface area contributed by atoms with Crippen LogP contribution in [-0.4, -0.2) is 0 Å². The Kier molecular flexibility index (Phi) is 11.7. The molecular weight excluding hydrogens is 757 g/mol. The predicted molar refractivity (Wildman–Crippen MR) is 263 cm³/mol. The summed E-state index contributed by atoms with van der Waals surface area (Å²) in [7, 11) is 0. The second-order valence-corrected chi connectivity index (χ2v) is 16.2. The molecule has 9 rings (SSSR count). The van der Waals surface area contributed by atoms with Gasteiger partial charge in [-0.3, -0.25) is 0 Å². The number of hydrogen-bond acceptors (Lipinski definition) is 3. The molecule has 2 nitrogen and oxygen atoms in total. The number of para-hydroxylation sites is 1. The summed E-state index contributed by atoms with van der Waals surface area (Å²) in [6, 6.07) is 82.4. The van der Waals surface area contributed by atoms with Crippen molar-refractivity contribution in [2.45, 2.75) is 13.8 Å². The molecule has 0 saturated heterocycles. The maximum Gasteiger partial charge on any atom is 0.0462 e. The molecule has 8 aromatic carbocycles. The van der Waals surface area contributed by atoms with E-state index in [-0.39, 0.29) is 0 Å². The van der Waals surface area contributed by atoms with Crippen LogP contribution < -0.4 is 9.80 Å². The molecule has 0 N–H and O–H groups in total. The molecule has 0 fully saturated rings. The Morgan fingerprint density at radius 3 is 1.15 bits per heavy atom. The summed E-state index contributed by atoms with van der Waals surface area (Å²) in [5.74, 6) is 0. The first-order valence-electron chi connectivity index (χ1n) is 20.7. The first kappa shape index (κ1) is 39.0. The minimum absolute atomic E-state index is 1.10. The highest BCUT2D eigenvalue weighted by molar-refractivity contribution is 7.18. The van der Waals surface area contributed by atoms with E-state index < -0.39 is 0 Å². The summed E-state index contributed by atoms with van der Waals surface area (Å²) in [5, 5.41) is 0. The molecule has 1 heterocycles. The van der Waals surface area contributed by atoms with Crippen molar-refractivity contribution in [2.24, 2.45) is 0 Å². The average Bonchev–Trinajstić information content (AvgIpc) is 3.84. The van der Waals surface area contributed by atoms with Crippen LogP contribution in [0.4, 0.5) is 28.4 Å². The molecule has 0 atom stereocenters. The minimum atomic E-state index is 1.10. The maximum absolute atomic E-state index is 2.33. The van der Waals surface area contributed by atoms with Crippen LogP contribution in [0.2, 0.25) is 0 Å². The van der Waals surface area contributed by atoms with Crippen molar-refractivity contribution in [3.8, 4) is 43.1 Å². The Hall–Kier alpha value is -7.46. The van der Waals surface area contributed by atoms with E-state index in [0.717, 1.165) is 45.3 Å². The van der Waals surface area contributed by atoms with Gasteiger partial charge in [0.1, 0.15) is 0 Å². The quantitative estimate of drug-likeness (QED) is 0.114. The largest absolute Gasteiger partial charge is 0.315 e. The molecule has 0 aliphatic heterocycles. The zero-order valence-corrected chi connectivity index (χ0v) is 35.2. The van der Waals surface area contributed by atoms with Crippen LogP contribution in [0.3, 0.4) is 0 Å².